The van der Waals surface area contributed by atoms with Crippen LogP contribution >= 0.6 is 0 Å². The molecule has 2 aliphatic rings. The van der Waals surface area contributed by atoms with E-state index in [1.165, 1.54) is 23.3 Å². The molecule has 0 radical (unpaired) electrons. The highest BCUT2D eigenvalue weighted by atomic mass is 19.1. The first-order chi connectivity index (χ1) is 13.6. The van der Waals surface area contributed by atoms with Crippen LogP contribution < -0.4 is 0 Å². The third-order valence-corrected chi connectivity index (χ3v) is 5.91. The molecular formula is C24H21FN2O. The van der Waals surface area contributed by atoms with Gasteiger partial charge in [0.05, 0.1) is 17.6 Å². The number of hydrogen-bond acceptors (Lipinski definition) is 2. The molecule has 0 saturated heterocycles. The molecule has 5 rings (SSSR count). The van der Waals surface area contributed by atoms with Crippen LogP contribution in [0, 0.1) is 11.2 Å². The maximum absolute atomic E-state index is 13.3. The Hall–Kier alpha value is -3.14. The van der Waals surface area contributed by atoms with Gasteiger partial charge in [-0.2, -0.15) is 5.10 Å². The van der Waals surface area contributed by atoms with Crippen LogP contribution in [0.15, 0.2) is 66.9 Å². The lowest BCUT2D eigenvalue weighted by atomic mass is 9.65. The van der Waals surface area contributed by atoms with Gasteiger partial charge in [0.1, 0.15) is 11.6 Å². The second-order valence-corrected chi connectivity index (χ2v) is 7.67. The van der Waals surface area contributed by atoms with Crippen molar-refractivity contribution in [1.82, 2.24) is 9.78 Å². The summed E-state index contributed by atoms with van der Waals surface area (Å²) in [7, 11) is 0. The number of phenolic OH excluding ortho intramolecular Hbond substituents is 1. The summed E-state index contributed by atoms with van der Waals surface area (Å²) in [5.74, 6) is 0.0430. The minimum atomic E-state index is -0.245. The van der Waals surface area contributed by atoms with E-state index in [1.54, 1.807) is 24.3 Å². The van der Waals surface area contributed by atoms with E-state index in [2.05, 4.69) is 23.3 Å². The standard InChI is InChI=1S/C24H21FN2O/c25-19-6-8-20(9-7-19)27-23-12-14-24(15-18(23)16-26-27)13-2-1-3-22(24)17-4-10-21(28)11-5-17/h3-12,14,16,28H,1-2,13,15H2/t24-/m1/s1. The molecule has 1 atom stereocenters. The largest absolute Gasteiger partial charge is 0.508 e. The van der Waals surface area contributed by atoms with Crippen LogP contribution in [0.3, 0.4) is 0 Å². The fourth-order valence-corrected chi connectivity index (χ4v) is 4.54. The van der Waals surface area contributed by atoms with Gasteiger partial charge in [-0.25, -0.2) is 9.07 Å². The third kappa shape index (κ3) is 2.76. The van der Waals surface area contributed by atoms with Crippen molar-refractivity contribution in [3.05, 3.63) is 89.5 Å². The first kappa shape index (κ1) is 17.0. The molecule has 0 unspecified atom stereocenters. The molecule has 140 valence electrons. The van der Waals surface area contributed by atoms with Crippen molar-refractivity contribution in [1.29, 1.82) is 0 Å². The van der Waals surface area contributed by atoms with Crippen molar-refractivity contribution >= 4 is 11.6 Å². The zero-order chi connectivity index (χ0) is 19.1. The van der Waals surface area contributed by atoms with Gasteiger partial charge in [-0.05, 0) is 84.9 Å². The molecular weight excluding hydrogens is 351 g/mol. The summed E-state index contributed by atoms with van der Waals surface area (Å²) in [5.41, 5.74) is 5.58. The van der Waals surface area contributed by atoms with E-state index >= 15 is 0 Å². The molecule has 1 spiro atoms. The highest BCUT2D eigenvalue weighted by Crippen LogP contribution is 2.49. The summed E-state index contributed by atoms with van der Waals surface area (Å²) in [6.07, 6.45) is 13.0. The maximum atomic E-state index is 13.3. The Bertz CT molecular complexity index is 1080. The number of phenols is 1. The predicted octanol–water partition coefficient (Wildman–Crippen LogP) is 5.54. The van der Waals surface area contributed by atoms with E-state index in [9.17, 15) is 9.50 Å². The highest BCUT2D eigenvalue weighted by Gasteiger charge is 2.37. The fourth-order valence-electron chi connectivity index (χ4n) is 4.54. The van der Waals surface area contributed by atoms with E-state index in [0.717, 1.165) is 42.6 Å². The monoisotopic (exact) mass is 372 g/mol. The SMILES string of the molecule is Oc1ccc(C2=CCCC[C@]23C=Cc2c(cnn2-c2ccc(F)cc2)C3)cc1. The minimum absolute atomic E-state index is 0.0428. The van der Waals surface area contributed by atoms with Gasteiger partial charge in [0.15, 0.2) is 0 Å². The molecule has 1 aromatic heterocycles. The molecule has 0 aliphatic heterocycles. The molecule has 1 N–H and O–H groups in total. The zero-order valence-electron chi connectivity index (χ0n) is 15.5. The van der Waals surface area contributed by atoms with Crippen LogP contribution in [0.2, 0.25) is 0 Å². The smallest absolute Gasteiger partial charge is 0.123 e. The number of aromatic nitrogens is 2. The van der Waals surface area contributed by atoms with E-state index in [1.807, 2.05) is 23.0 Å². The highest BCUT2D eigenvalue weighted by molar-refractivity contribution is 5.77. The van der Waals surface area contributed by atoms with Crippen molar-refractivity contribution in [3.63, 3.8) is 0 Å². The lowest BCUT2D eigenvalue weighted by molar-refractivity contribution is 0.430. The first-order valence-electron chi connectivity index (χ1n) is 9.67. The lowest BCUT2D eigenvalue weighted by Gasteiger charge is -2.39. The summed E-state index contributed by atoms with van der Waals surface area (Å²) in [4.78, 5) is 0. The summed E-state index contributed by atoms with van der Waals surface area (Å²) in [5, 5.41) is 14.2. The Labute approximate surface area is 163 Å². The predicted molar refractivity (Wildman–Crippen MR) is 109 cm³/mol. The van der Waals surface area contributed by atoms with Crippen molar-refractivity contribution in [2.75, 3.05) is 0 Å². The average Bonchev–Trinajstić information content (AvgIpc) is 3.13. The number of allylic oxidation sites excluding steroid dienone is 3. The summed E-state index contributed by atoms with van der Waals surface area (Å²) < 4.78 is 15.1. The van der Waals surface area contributed by atoms with Crippen LogP contribution in [0.5, 0.6) is 5.75 Å². The van der Waals surface area contributed by atoms with Crippen LogP contribution in [0.25, 0.3) is 17.3 Å². The van der Waals surface area contributed by atoms with Crippen LogP contribution in [0.4, 0.5) is 4.39 Å². The van der Waals surface area contributed by atoms with Crippen molar-refractivity contribution in [3.8, 4) is 11.4 Å². The van der Waals surface area contributed by atoms with E-state index in [0.29, 0.717) is 0 Å². The van der Waals surface area contributed by atoms with Crippen LogP contribution in [-0.2, 0) is 6.42 Å². The van der Waals surface area contributed by atoms with Crippen molar-refractivity contribution in [2.24, 2.45) is 5.41 Å². The number of benzene rings is 2. The molecule has 0 fully saturated rings. The van der Waals surface area contributed by atoms with E-state index in [4.69, 9.17) is 0 Å². The Balaban J connectivity index is 1.54. The zero-order valence-corrected chi connectivity index (χ0v) is 15.5. The molecule has 4 heteroatoms. The van der Waals surface area contributed by atoms with Crippen molar-refractivity contribution in [2.45, 2.75) is 25.7 Å². The number of rotatable bonds is 2. The topological polar surface area (TPSA) is 38.1 Å². The number of hydrogen-bond donors (Lipinski definition) is 1. The Morgan fingerprint density at radius 3 is 2.61 bits per heavy atom. The normalized spacial score (nSPS) is 20.8. The molecule has 0 bridgehead atoms. The number of nitrogens with zero attached hydrogens (tertiary/aromatic N) is 2. The fraction of sp³-hybridized carbons (Fsp3) is 0.208. The molecule has 3 aromatic rings. The van der Waals surface area contributed by atoms with Gasteiger partial charge in [-0.15, -0.1) is 0 Å². The Kier molecular flexibility index (Phi) is 3.93. The second kappa shape index (κ2) is 6.48. The molecule has 2 aliphatic carbocycles. The molecule has 1 heterocycles. The maximum Gasteiger partial charge on any atom is 0.123 e. The van der Waals surface area contributed by atoms with Gasteiger partial charge in [0, 0.05) is 5.41 Å². The summed E-state index contributed by atoms with van der Waals surface area (Å²) >= 11 is 0. The summed E-state index contributed by atoms with van der Waals surface area (Å²) in [6.45, 7) is 0. The number of aromatic hydroxyl groups is 1. The van der Waals surface area contributed by atoms with Gasteiger partial charge in [0.25, 0.3) is 0 Å². The third-order valence-electron chi connectivity index (χ3n) is 5.91. The molecule has 3 nitrogen and oxygen atoms in total. The first-order valence-corrected chi connectivity index (χ1v) is 9.67. The van der Waals surface area contributed by atoms with Gasteiger partial charge < -0.3 is 5.11 Å². The van der Waals surface area contributed by atoms with Gasteiger partial charge in [-0.1, -0.05) is 24.3 Å². The number of halogens is 1. The van der Waals surface area contributed by atoms with E-state index in [-0.39, 0.29) is 17.0 Å². The quantitative estimate of drug-likeness (QED) is 0.641. The Morgan fingerprint density at radius 1 is 1.04 bits per heavy atom. The van der Waals surface area contributed by atoms with Gasteiger partial charge in [0.2, 0.25) is 0 Å². The van der Waals surface area contributed by atoms with Crippen LogP contribution in [0.1, 0.15) is 36.1 Å². The molecule has 0 saturated carbocycles. The number of fused-ring (bicyclic) bond motifs is 1. The molecule has 28 heavy (non-hydrogen) atoms. The minimum Gasteiger partial charge on any atom is -0.508 e. The van der Waals surface area contributed by atoms with Crippen molar-refractivity contribution < 1.29 is 9.50 Å². The summed E-state index contributed by atoms with van der Waals surface area (Å²) in [6, 6.07) is 13.9. The van der Waals surface area contributed by atoms with Gasteiger partial charge >= 0.3 is 0 Å². The second-order valence-electron chi connectivity index (χ2n) is 7.67. The van der Waals surface area contributed by atoms with Crippen LogP contribution in [-0.4, -0.2) is 14.9 Å². The van der Waals surface area contributed by atoms with E-state index < -0.39 is 0 Å². The molecule has 2 aromatic carbocycles. The molecule has 0 amide bonds. The Morgan fingerprint density at radius 2 is 1.82 bits per heavy atom. The lowest BCUT2D eigenvalue weighted by Crippen LogP contribution is -2.28. The average molecular weight is 372 g/mol. The van der Waals surface area contributed by atoms with Gasteiger partial charge in [-0.3, -0.25) is 0 Å².